The number of aromatic nitrogens is 2. The quantitative estimate of drug-likeness (QED) is 0.683. The molecule has 0 aliphatic carbocycles. The van der Waals surface area contributed by atoms with Gasteiger partial charge in [0, 0.05) is 17.1 Å². The fraction of sp³-hybridized carbons (Fsp3) is 0.0667. The molecule has 0 aliphatic rings. The Morgan fingerprint density at radius 3 is 2.70 bits per heavy atom. The van der Waals surface area contributed by atoms with Crippen molar-refractivity contribution in [2.75, 3.05) is 0 Å². The molecule has 0 bridgehead atoms. The lowest BCUT2D eigenvalue weighted by Crippen LogP contribution is -2.10. The Bertz CT molecular complexity index is 783. The Balaban J connectivity index is 1.92. The molecule has 0 aliphatic heterocycles. The molecule has 1 heterocycles. The Morgan fingerprint density at radius 2 is 1.95 bits per heavy atom. The van der Waals surface area contributed by atoms with E-state index in [0.717, 1.165) is 0 Å². The third-order valence-corrected chi connectivity index (χ3v) is 3.83. The zero-order chi connectivity index (χ0) is 14.1. The zero-order valence-electron chi connectivity index (χ0n) is 10.4. The van der Waals surface area contributed by atoms with Crippen LogP contribution in [0.4, 0.5) is 4.39 Å². The molecule has 0 radical (unpaired) electrons. The number of hydrogen-bond acceptors (Lipinski definition) is 2. The average Bonchev–Trinajstić information content (AvgIpc) is 2.87. The molecule has 0 spiro atoms. The summed E-state index contributed by atoms with van der Waals surface area (Å²) in [6.45, 7) is 0.132. The molecule has 3 aromatic rings. The van der Waals surface area contributed by atoms with Crippen molar-refractivity contribution >= 4 is 32.6 Å². The molecule has 0 N–H and O–H groups in total. The zero-order valence-corrected chi connectivity index (χ0v) is 12.0. The molecular weight excluding hydrogens is 323 g/mol. The van der Waals surface area contributed by atoms with E-state index in [1.54, 1.807) is 24.4 Å². The number of carbonyl (C=O) groups excluding carboxylic acids is 1. The monoisotopic (exact) mass is 332 g/mol. The number of Topliss-reactive ketones (excluding diaryl/α,β-unsaturated/α-hetero) is 1. The summed E-state index contributed by atoms with van der Waals surface area (Å²) < 4.78 is 15.3. The second-order valence-electron chi connectivity index (χ2n) is 4.41. The summed E-state index contributed by atoms with van der Waals surface area (Å²) >= 11 is 3.19. The normalized spacial score (nSPS) is 10.9. The minimum absolute atomic E-state index is 0.0324. The van der Waals surface area contributed by atoms with E-state index in [-0.39, 0.29) is 18.1 Å². The molecule has 3 nitrogen and oxygen atoms in total. The van der Waals surface area contributed by atoms with Gasteiger partial charge in [0.25, 0.3) is 0 Å². The van der Waals surface area contributed by atoms with E-state index in [1.807, 2.05) is 18.2 Å². The highest BCUT2D eigenvalue weighted by atomic mass is 79.9. The van der Waals surface area contributed by atoms with Gasteiger partial charge in [0.1, 0.15) is 12.4 Å². The van der Waals surface area contributed by atoms with Crippen molar-refractivity contribution in [3.63, 3.8) is 0 Å². The third-order valence-electron chi connectivity index (χ3n) is 3.03. The highest BCUT2D eigenvalue weighted by Gasteiger charge is 2.11. The molecule has 1 aromatic heterocycles. The van der Waals surface area contributed by atoms with Gasteiger partial charge in [-0.05, 0) is 28.1 Å². The van der Waals surface area contributed by atoms with Gasteiger partial charge in [-0.1, -0.05) is 30.3 Å². The van der Waals surface area contributed by atoms with Gasteiger partial charge >= 0.3 is 0 Å². The molecule has 0 saturated heterocycles. The Hall–Kier alpha value is -2.01. The van der Waals surface area contributed by atoms with Crippen molar-refractivity contribution in [2.24, 2.45) is 0 Å². The standard InChI is InChI=1S/C15H10BrFN2O/c16-15-11-8-19(18-13(11)7-6-12(15)17)9-14(20)10-4-2-1-3-5-10/h1-8H,9H2. The molecule has 2 aromatic carbocycles. The number of fused-ring (bicyclic) bond motifs is 1. The SMILES string of the molecule is O=C(Cn1cc2c(Br)c(F)ccc2n1)c1ccccc1. The van der Waals surface area contributed by atoms with Crippen LogP contribution in [-0.2, 0) is 6.54 Å². The van der Waals surface area contributed by atoms with Crippen LogP contribution >= 0.6 is 15.9 Å². The maximum Gasteiger partial charge on any atom is 0.184 e. The predicted molar refractivity (Wildman–Crippen MR) is 78.2 cm³/mol. The molecule has 20 heavy (non-hydrogen) atoms. The number of halogens is 2. The summed E-state index contributed by atoms with van der Waals surface area (Å²) in [7, 11) is 0. The van der Waals surface area contributed by atoms with Gasteiger partial charge < -0.3 is 0 Å². The van der Waals surface area contributed by atoms with Gasteiger partial charge in [0.05, 0.1) is 9.99 Å². The van der Waals surface area contributed by atoms with Gasteiger partial charge in [0.2, 0.25) is 0 Å². The number of ketones is 1. The number of carbonyl (C=O) groups is 1. The van der Waals surface area contributed by atoms with Crippen LogP contribution in [0.15, 0.2) is 53.1 Å². The Morgan fingerprint density at radius 1 is 1.20 bits per heavy atom. The highest BCUT2D eigenvalue weighted by molar-refractivity contribution is 9.10. The molecule has 0 fully saturated rings. The van der Waals surface area contributed by atoms with E-state index in [4.69, 9.17) is 0 Å². The van der Waals surface area contributed by atoms with E-state index in [9.17, 15) is 9.18 Å². The first-order chi connectivity index (χ1) is 9.65. The Kier molecular flexibility index (Phi) is 3.36. The average molecular weight is 333 g/mol. The maximum atomic E-state index is 13.4. The minimum atomic E-state index is -0.341. The molecular formula is C15H10BrFN2O. The van der Waals surface area contributed by atoms with Crippen LogP contribution in [0.1, 0.15) is 10.4 Å². The summed E-state index contributed by atoms with van der Waals surface area (Å²) in [5, 5.41) is 4.94. The number of nitrogens with zero attached hydrogens (tertiary/aromatic N) is 2. The van der Waals surface area contributed by atoms with Crippen molar-refractivity contribution in [3.8, 4) is 0 Å². The lowest BCUT2D eigenvalue weighted by molar-refractivity contribution is 0.0968. The first kappa shape index (κ1) is 13.0. The van der Waals surface area contributed by atoms with Crippen LogP contribution in [-0.4, -0.2) is 15.6 Å². The molecule has 5 heteroatoms. The van der Waals surface area contributed by atoms with Crippen molar-refractivity contribution < 1.29 is 9.18 Å². The van der Waals surface area contributed by atoms with Gasteiger partial charge in [-0.25, -0.2) is 4.39 Å². The lowest BCUT2D eigenvalue weighted by Gasteiger charge is -2.00. The third kappa shape index (κ3) is 2.36. The summed E-state index contributed by atoms with van der Waals surface area (Å²) in [6.07, 6.45) is 1.67. The molecule has 100 valence electrons. The summed E-state index contributed by atoms with van der Waals surface area (Å²) in [5.41, 5.74) is 1.29. The number of hydrogen-bond donors (Lipinski definition) is 0. The van der Waals surface area contributed by atoms with Crippen LogP contribution in [0.2, 0.25) is 0 Å². The van der Waals surface area contributed by atoms with E-state index in [2.05, 4.69) is 21.0 Å². The summed E-state index contributed by atoms with van der Waals surface area (Å²) in [6, 6.07) is 12.0. The lowest BCUT2D eigenvalue weighted by atomic mass is 10.1. The first-order valence-corrected chi connectivity index (χ1v) is 6.84. The molecule has 0 amide bonds. The maximum absolute atomic E-state index is 13.4. The minimum Gasteiger partial charge on any atom is -0.292 e. The van der Waals surface area contributed by atoms with Gasteiger partial charge in [0.15, 0.2) is 5.78 Å². The number of benzene rings is 2. The largest absolute Gasteiger partial charge is 0.292 e. The Labute approximate surface area is 123 Å². The fourth-order valence-corrected chi connectivity index (χ4v) is 2.46. The van der Waals surface area contributed by atoms with Crippen molar-refractivity contribution in [3.05, 3.63) is 64.5 Å². The molecule has 3 rings (SSSR count). The second kappa shape index (κ2) is 5.17. The van der Waals surface area contributed by atoms with E-state index >= 15 is 0 Å². The second-order valence-corrected chi connectivity index (χ2v) is 5.20. The highest BCUT2D eigenvalue weighted by Crippen LogP contribution is 2.25. The van der Waals surface area contributed by atoms with Crippen LogP contribution in [0.5, 0.6) is 0 Å². The summed E-state index contributed by atoms with van der Waals surface area (Å²) in [4.78, 5) is 12.1. The smallest absolute Gasteiger partial charge is 0.184 e. The first-order valence-electron chi connectivity index (χ1n) is 6.04. The van der Waals surface area contributed by atoms with Crippen LogP contribution in [0, 0.1) is 5.82 Å². The van der Waals surface area contributed by atoms with Gasteiger partial charge in [-0.3, -0.25) is 9.48 Å². The van der Waals surface area contributed by atoms with Gasteiger partial charge in [-0.2, -0.15) is 5.10 Å². The van der Waals surface area contributed by atoms with E-state index < -0.39 is 0 Å². The van der Waals surface area contributed by atoms with E-state index in [0.29, 0.717) is 20.9 Å². The van der Waals surface area contributed by atoms with Crippen molar-refractivity contribution in [1.29, 1.82) is 0 Å². The van der Waals surface area contributed by atoms with Crippen LogP contribution < -0.4 is 0 Å². The molecule has 0 saturated carbocycles. The van der Waals surface area contributed by atoms with Crippen molar-refractivity contribution in [2.45, 2.75) is 6.54 Å². The van der Waals surface area contributed by atoms with E-state index in [1.165, 1.54) is 10.7 Å². The molecule has 0 unspecified atom stereocenters. The van der Waals surface area contributed by atoms with Crippen LogP contribution in [0.3, 0.4) is 0 Å². The number of rotatable bonds is 3. The topological polar surface area (TPSA) is 34.9 Å². The van der Waals surface area contributed by atoms with Gasteiger partial charge in [-0.15, -0.1) is 0 Å². The van der Waals surface area contributed by atoms with Crippen LogP contribution in [0.25, 0.3) is 10.9 Å². The fourth-order valence-electron chi connectivity index (χ4n) is 2.03. The predicted octanol–water partition coefficient (Wildman–Crippen LogP) is 3.82. The van der Waals surface area contributed by atoms with Crippen molar-refractivity contribution in [1.82, 2.24) is 9.78 Å². The molecule has 0 atom stereocenters. The summed E-state index contributed by atoms with van der Waals surface area (Å²) in [5.74, 6) is -0.374.